The topological polar surface area (TPSA) is 49.9 Å². The van der Waals surface area contributed by atoms with E-state index in [4.69, 9.17) is 4.74 Å². The standard InChI is InChI=1S/C21H23BrN2O3/c22-18-7-4-6-17(16-18)21(26)24-12-5-11-23(13-14-24)20(25)10-15-27-19-8-2-1-3-9-19/h1-4,6-9,16H,5,10-15H2. The molecule has 0 atom stereocenters. The summed E-state index contributed by atoms with van der Waals surface area (Å²) in [6.07, 6.45) is 1.12. The average Bonchev–Trinajstić information content (AvgIpc) is 2.94. The van der Waals surface area contributed by atoms with Gasteiger partial charge in [0.25, 0.3) is 5.91 Å². The minimum absolute atomic E-state index is 0.0120. The molecule has 0 aliphatic carbocycles. The van der Waals surface area contributed by atoms with Gasteiger partial charge in [-0.05, 0) is 36.8 Å². The maximum Gasteiger partial charge on any atom is 0.253 e. The van der Waals surface area contributed by atoms with Crippen LogP contribution in [0.4, 0.5) is 0 Å². The number of carbonyl (C=O) groups is 2. The molecule has 0 spiro atoms. The van der Waals surface area contributed by atoms with Gasteiger partial charge in [-0.25, -0.2) is 0 Å². The van der Waals surface area contributed by atoms with Crippen molar-refractivity contribution in [1.82, 2.24) is 9.80 Å². The van der Waals surface area contributed by atoms with Gasteiger partial charge in [-0.2, -0.15) is 0 Å². The van der Waals surface area contributed by atoms with Crippen LogP contribution < -0.4 is 4.74 Å². The Bertz CT molecular complexity index is 782. The summed E-state index contributed by atoms with van der Waals surface area (Å²) in [5.74, 6) is 0.854. The lowest BCUT2D eigenvalue weighted by Gasteiger charge is -2.22. The molecule has 27 heavy (non-hydrogen) atoms. The van der Waals surface area contributed by atoms with Crippen LogP contribution in [0, 0.1) is 0 Å². The highest BCUT2D eigenvalue weighted by Crippen LogP contribution is 2.15. The molecule has 142 valence electrons. The van der Waals surface area contributed by atoms with E-state index < -0.39 is 0 Å². The number of halogens is 1. The summed E-state index contributed by atoms with van der Waals surface area (Å²) in [7, 11) is 0. The number of amides is 2. The van der Waals surface area contributed by atoms with Crippen molar-refractivity contribution in [2.75, 3.05) is 32.8 Å². The second-order valence-corrected chi connectivity index (χ2v) is 7.36. The van der Waals surface area contributed by atoms with Crippen LogP contribution in [0.2, 0.25) is 0 Å². The average molecular weight is 431 g/mol. The lowest BCUT2D eigenvalue weighted by Crippen LogP contribution is -2.37. The fourth-order valence-electron chi connectivity index (χ4n) is 3.11. The number of benzene rings is 2. The molecule has 6 heteroatoms. The zero-order valence-electron chi connectivity index (χ0n) is 15.1. The van der Waals surface area contributed by atoms with Crippen molar-refractivity contribution in [2.45, 2.75) is 12.8 Å². The summed E-state index contributed by atoms with van der Waals surface area (Å²) < 4.78 is 6.50. The molecule has 0 aromatic heterocycles. The zero-order valence-corrected chi connectivity index (χ0v) is 16.7. The summed E-state index contributed by atoms with van der Waals surface area (Å²) in [5, 5.41) is 0. The Morgan fingerprint density at radius 3 is 2.44 bits per heavy atom. The Hall–Kier alpha value is -2.34. The van der Waals surface area contributed by atoms with Crippen LogP contribution in [0.3, 0.4) is 0 Å². The molecule has 2 aromatic rings. The molecular weight excluding hydrogens is 408 g/mol. The van der Waals surface area contributed by atoms with Gasteiger partial charge < -0.3 is 14.5 Å². The Morgan fingerprint density at radius 2 is 1.67 bits per heavy atom. The number of carbonyl (C=O) groups excluding carboxylic acids is 2. The first kappa shape index (κ1) is 19.4. The normalized spacial score (nSPS) is 14.6. The van der Waals surface area contributed by atoms with Gasteiger partial charge in [0.2, 0.25) is 5.91 Å². The highest BCUT2D eigenvalue weighted by molar-refractivity contribution is 9.10. The van der Waals surface area contributed by atoms with Crippen LogP contribution >= 0.6 is 15.9 Å². The van der Waals surface area contributed by atoms with E-state index in [1.807, 2.05) is 64.4 Å². The quantitative estimate of drug-likeness (QED) is 0.727. The molecule has 0 saturated carbocycles. The van der Waals surface area contributed by atoms with Crippen LogP contribution in [-0.4, -0.2) is 54.4 Å². The second-order valence-electron chi connectivity index (χ2n) is 6.45. The Morgan fingerprint density at radius 1 is 0.926 bits per heavy atom. The van der Waals surface area contributed by atoms with Crippen molar-refractivity contribution in [3.05, 3.63) is 64.6 Å². The highest BCUT2D eigenvalue weighted by atomic mass is 79.9. The lowest BCUT2D eigenvalue weighted by molar-refractivity contribution is -0.131. The molecule has 1 heterocycles. The predicted molar refractivity (Wildman–Crippen MR) is 108 cm³/mol. The second kappa shape index (κ2) is 9.55. The third kappa shape index (κ3) is 5.57. The van der Waals surface area contributed by atoms with Crippen molar-refractivity contribution in [3.63, 3.8) is 0 Å². The van der Waals surface area contributed by atoms with Crippen molar-refractivity contribution in [3.8, 4) is 5.75 Å². The number of ether oxygens (including phenoxy) is 1. The zero-order chi connectivity index (χ0) is 19.1. The van der Waals surface area contributed by atoms with E-state index in [0.29, 0.717) is 44.8 Å². The number of rotatable bonds is 5. The van der Waals surface area contributed by atoms with Gasteiger partial charge in [0, 0.05) is 36.2 Å². The first-order valence-electron chi connectivity index (χ1n) is 9.14. The number of hydrogen-bond donors (Lipinski definition) is 0. The van der Waals surface area contributed by atoms with E-state index in [-0.39, 0.29) is 11.8 Å². The lowest BCUT2D eigenvalue weighted by atomic mass is 10.2. The molecular formula is C21H23BrN2O3. The van der Waals surface area contributed by atoms with Crippen molar-refractivity contribution < 1.29 is 14.3 Å². The molecule has 2 amide bonds. The molecule has 0 unspecified atom stereocenters. The van der Waals surface area contributed by atoms with Gasteiger partial charge >= 0.3 is 0 Å². The SMILES string of the molecule is O=C(CCOc1ccccc1)N1CCCN(C(=O)c2cccc(Br)c2)CC1. The molecule has 0 radical (unpaired) electrons. The summed E-state index contributed by atoms with van der Waals surface area (Å²) in [5.41, 5.74) is 0.667. The highest BCUT2D eigenvalue weighted by Gasteiger charge is 2.22. The molecule has 0 N–H and O–H groups in total. The summed E-state index contributed by atoms with van der Waals surface area (Å²) in [6, 6.07) is 16.9. The first-order chi connectivity index (χ1) is 13.1. The predicted octanol–water partition coefficient (Wildman–Crippen LogP) is 3.59. The van der Waals surface area contributed by atoms with Crippen molar-refractivity contribution in [2.24, 2.45) is 0 Å². The Balaban J connectivity index is 1.48. The molecule has 3 rings (SSSR count). The fourth-order valence-corrected chi connectivity index (χ4v) is 3.50. The fraction of sp³-hybridized carbons (Fsp3) is 0.333. The molecule has 0 bridgehead atoms. The minimum atomic E-state index is 0.0120. The summed E-state index contributed by atoms with van der Waals surface area (Å²) in [4.78, 5) is 28.8. The van der Waals surface area contributed by atoms with Crippen LogP contribution in [0.15, 0.2) is 59.1 Å². The van der Waals surface area contributed by atoms with E-state index in [9.17, 15) is 9.59 Å². The van der Waals surface area contributed by atoms with Crippen LogP contribution in [0.5, 0.6) is 5.75 Å². The van der Waals surface area contributed by atoms with Gasteiger partial charge in [-0.1, -0.05) is 40.2 Å². The van der Waals surface area contributed by atoms with Gasteiger partial charge in [0.1, 0.15) is 5.75 Å². The molecule has 1 aliphatic rings. The maximum atomic E-state index is 12.7. The van der Waals surface area contributed by atoms with E-state index in [1.165, 1.54) is 0 Å². The van der Waals surface area contributed by atoms with Gasteiger partial charge in [-0.3, -0.25) is 9.59 Å². The molecule has 2 aromatic carbocycles. The monoisotopic (exact) mass is 430 g/mol. The van der Waals surface area contributed by atoms with Gasteiger partial charge in [0.05, 0.1) is 13.0 Å². The summed E-state index contributed by atoms with van der Waals surface area (Å²) in [6.45, 7) is 2.81. The molecule has 1 saturated heterocycles. The number of nitrogens with zero attached hydrogens (tertiary/aromatic N) is 2. The molecule has 5 nitrogen and oxygen atoms in total. The molecule has 1 aliphatic heterocycles. The van der Waals surface area contributed by atoms with Crippen molar-refractivity contribution in [1.29, 1.82) is 0 Å². The minimum Gasteiger partial charge on any atom is -0.493 e. The number of hydrogen-bond acceptors (Lipinski definition) is 3. The third-order valence-electron chi connectivity index (χ3n) is 4.54. The van der Waals surface area contributed by atoms with E-state index >= 15 is 0 Å². The van der Waals surface area contributed by atoms with Crippen molar-refractivity contribution >= 4 is 27.7 Å². The van der Waals surface area contributed by atoms with Crippen LogP contribution in [-0.2, 0) is 4.79 Å². The third-order valence-corrected chi connectivity index (χ3v) is 5.03. The van der Waals surface area contributed by atoms with Gasteiger partial charge in [-0.15, -0.1) is 0 Å². The largest absolute Gasteiger partial charge is 0.493 e. The number of para-hydroxylation sites is 1. The van der Waals surface area contributed by atoms with Gasteiger partial charge in [0.15, 0.2) is 0 Å². The van der Waals surface area contributed by atoms with Crippen LogP contribution in [0.25, 0.3) is 0 Å². The first-order valence-corrected chi connectivity index (χ1v) is 9.93. The Labute approximate surface area is 168 Å². The summed E-state index contributed by atoms with van der Waals surface area (Å²) >= 11 is 3.40. The van der Waals surface area contributed by atoms with E-state index in [0.717, 1.165) is 16.6 Å². The smallest absolute Gasteiger partial charge is 0.253 e. The maximum absolute atomic E-state index is 12.7. The van der Waals surface area contributed by atoms with E-state index in [2.05, 4.69) is 15.9 Å². The van der Waals surface area contributed by atoms with Crippen LogP contribution in [0.1, 0.15) is 23.2 Å². The molecule has 1 fully saturated rings. The van der Waals surface area contributed by atoms with E-state index in [1.54, 1.807) is 0 Å². The Kier molecular flexibility index (Phi) is 6.87.